The molecule has 1 aromatic heterocycles. The van der Waals surface area contributed by atoms with Gasteiger partial charge in [-0.2, -0.15) is 5.26 Å². The third kappa shape index (κ3) is 3.38. The largest absolute Gasteiger partial charge is 0.342 e. The van der Waals surface area contributed by atoms with Crippen molar-refractivity contribution < 1.29 is 18.4 Å². The number of carbonyl (C=O) groups is 2. The third-order valence-corrected chi connectivity index (χ3v) is 3.90. The molecule has 1 fully saturated rings. The van der Waals surface area contributed by atoms with Gasteiger partial charge in [0.1, 0.15) is 18.1 Å². The minimum absolute atomic E-state index is 0.0852. The van der Waals surface area contributed by atoms with Crippen LogP contribution >= 0.6 is 0 Å². The molecule has 25 heavy (non-hydrogen) atoms. The number of fused-ring (bicyclic) bond motifs is 1. The number of nitriles is 1. The van der Waals surface area contributed by atoms with Crippen molar-refractivity contribution in [2.75, 3.05) is 13.1 Å². The van der Waals surface area contributed by atoms with E-state index in [4.69, 9.17) is 5.26 Å². The van der Waals surface area contributed by atoms with E-state index in [1.807, 2.05) is 0 Å². The number of hydrogen-bond acceptors (Lipinski definition) is 5. The molecule has 1 aliphatic heterocycles. The molecule has 1 saturated heterocycles. The first kappa shape index (κ1) is 16.7. The molecule has 0 saturated carbocycles. The number of benzene rings is 1. The van der Waals surface area contributed by atoms with Crippen LogP contribution in [-0.2, 0) is 4.79 Å². The van der Waals surface area contributed by atoms with Gasteiger partial charge in [-0.25, -0.2) is 18.7 Å². The highest BCUT2D eigenvalue weighted by atomic mass is 19.3. The van der Waals surface area contributed by atoms with Gasteiger partial charge in [0.15, 0.2) is 0 Å². The van der Waals surface area contributed by atoms with Crippen LogP contribution in [0.2, 0.25) is 0 Å². The maximum Gasteiger partial charge on any atom is 0.271 e. The van der Waals surface area contributed by atoms with Crippen LogP contribution in [-0.4, -0.2) is 51.7 Å². The van der Waals surface area contributed by atoms with E-state index in [-0.39, 0.29) is 5.69 Å². The highest BCUT2D eigenvalue weighted by Gasteiger charge is 2.47. The summed E-state index contributed by atoms with van der Waals surface area (Å²) in [5.41, 5.74) is 0.652. The summed E-state index contributed by atoms with van der Waals surface area (Å²) in [6.07, 6.45) is 0.533. The lowest BCUT2D eigenvalue weighted by Crippen LogP contribution is -2.43. The number of aromatic nitrogens is 2. The predicted octanol–water partition coefficient (Wildman–Crippen LogP) is 1.12. The summed E-state index contributed by atoms with van der Waals surface area (Å²) in [6.45, 7) is -1.32. The van der Waals surface area contributed by atoms with E-state index in [1.165, 1.54) is 6.33 Å². The third-order valence-electron chi connectivity index (χ3n) is 3.90. The first-order valence-corrected chi connectivity index (χ1v) is 7.46. The van der Waals surface area contributed by atoms with Gasteiger partial charge in [0, 0.05) is 11.8 Å². The Bertz CT molecular complexity index is 875. The zero-order valence-corrected chi connectivity index (χ0v) is 12.9. The van der Waals surface area contributed by atoms with Crippen molar-refractivity contribution in [2.45, 2.75) is 18.4 Å². The summed E-state index contributed by atoms with van der Waals surface area (Å²) in [5, 5.41) is 11.8. The van der Waals surface area contributed by atoms with Crippen molar-refractivity contribution in [3.8, 4) is 6.07 Å². The number of nitrogens with zero attached hydrogens (tertiary/aromatic N) is 4. The Kier molecular flexibility index (Phi) is 4.27. The van der Waals surface area contributed by atoms with Crippen molar-refractivity contribution in [1.29, 1.82) is 5.26 Å². The fourth-order valence-corrected chi connectivity index (χ4v) is 2.72. The van der Waals surface area contributed by atoms with Crippen molar-refractivity contribution in [3.63, 3.8) is 0 Å². The number of hydrogen-bond donors (Lipinski definition) is 1. The van der Waals surface area contributed by atoms with Crippen molar-refractivity contribution in [2.24, 2.45) is 0 Å². The molecule has 2 heterocycles. The maximum absolute atomic E-state index is 13.4. The quantitative estimate of drug-likeness (QED) is 0.899. The zero-order chi connectivity index (χ0) is 18.0. The summed E-state index contributed by atoms with van der Waals surface area (Å²) < 4.78 is 26.8. The molecule has 0 unspecified atom stereocenters. The Morgan fingerprint density at radius 1 is 1.36 bits per heavy atom. The molecule has 0 radical (unpaired) electrons. The molecule has 128 valence electrons. The number of rotatable bonds is 3. The summed E-state index contributed by atoms with van der Waals surface area (Å²) in [5.74, 6) is -4.45. The molecule has 2 amide bonds. The molecule has 1 atom stereocenters. The molecule has 3 rings (SSSR count). The molecule has 0 bridgehead atoms. The van der Waals surface area contributed by atoms with E-state index < -0.39 is 43.3 Å². The lowest BCUT2D eigenvalue weighted by Gasteiger charge is -2.19. The van der Waals surface area contributed by atoms with Gasteiger partial charge < -0.3 is 10.2 Å². The van der Waals surface area contributed by atoms with Gasteiger partial charge in [0.25, 0.3) is 11.8 Å². The summed E-state index contributed by atoms with van der Waals surface area (Å²) in [7, 11) is 0. The average Bonchev–Trinajstić information content (AvgIpc) is 2.93. The lowest BCUT2D eigenvalue weighted by molar-refractivity contribution is -0.131. The number of para-hydroxylation sites is 1. The summed E-state index contributed by atoms with van der Waals surface area (Å²) in [4.78, 5) is 33.1. The van der Waals surface area contributed by atoms with Gasteiger partial charge in [-0.3, -0.25) is 9.59 Å². The Morgan fingerprint density at radius 2 is 2.12 bits per heavy atom. The fourth-order valence-electron chi connectivity index (χ4n) is 2.72. The number of halogens is 2. The van der Waals surface area contributed by atoms with Gasteiger partial charge >= 0.3 is 0 Å². The zero-order valence-electron chi connectivity index (χ0n) is 12.9. The van der Waals surface area contributed by atoms with Crippen molar-refractivity contribution in [3.05, 3.63) is 36.3 Å². The van der Waals surface area contributed by atoms with E-state index in [0.717, 1.165) is 4.90 Å². The molecule has 0 aliphatic carbocycles. The van der Waals surface area contributed by atoms with Crippen LogP contribution < -0.4 is 5.32 Å². The second-order valence-corrected chi connectivity index (χ2v) is 5.65. The number of likely N-dealkylation sites (tertiary alicyclic amines) is 1. The Labute approximate surface area is 141 Å². The highest BCUT2D eigenvalue weighted by molar-refractivity contribution is 6.05. The fraction of sp³-hybridized carbons (Fsp3) is 0.312. The maximum atomic E-state index is 13.4. The van der Waals surface area contributed by atoms with E-state index in [0.29, 0.717) is 10.9 Å². The smallest absolute Gasteiger partial charge is 0.271 e. The normalized spacial score (nSPS) is 18.8. The van der Waals surface area contributed by atoms with Gasteiger partial charge in [0.2, 0.25) is 5.91 Å². The minimum atomic E-state index is -3.09. The minimum Gasteiger partial charge on any atom is -0.342 e. The van der Waals surface area contributed by atoms with E-state index in [1.54, 1.807) is 30.3 Å². The molecule has 0 spiro atoms. The van der Waals surface area contributed by atoms with Crippen LogP contribution in [0.1, 0.15) is 16.9 Å². The first-order chi connectivity index (χ1) is 11.9. The summed E-state index contributed by atoms with van der Waals surface area (Å²) >= 11 is 0. The second-order valence-electron chi connectivity index (χ2n) is 5.65. The first-order valence-electron chi connectivity index (χ1n) is 7.46. The van der Waals surface area contributed by atoms with Crippen LogP contribution in [0.3, 0.4) is 0 Å². The number of carbonyl (C=O) groups excluding carboxylic acids is 2. The molecule has 7 nitrogen and oxygen atoms in total. The molecular formula is C16H13F2N5O2. The highest BCUT2D eigenvalue weighted by Crippen LogP contribution is 2.31. The van der Waals surface area contributed by atoms with Crippen molar-refractivity contribution in [1.82, 2.24) is 20.2 Å². The molecule has 1 N–H and O–H groups in total. The van der Waals surface area contributed by atoms with E-state index in [9.17, 15) is 18.4 Å². The topological polar surface area (TPSA) is 99.0 Å². The molecule has 2 aromatic rings. The Hall–Kier alpha value is -3.15. The van der Waals surface area contributed by atoms with Gasteiger partial charge in [-0.05, 0) is 6.07 Å². The van der Waals surface area contributed by atoms with Gasteiger partial charge in [0.05, 0.1) is 24.7 Å². The Morgan fingerprint density at radius 3 is 2.88 bits per heavy atom. The molecule has 1 aromatic carbocycles. The lowest BCUT2D eigenvalue weighted by atomic mass is 10.2. The number of alkyl halides is 2. The average molecular weight is 345 g/mol. The van der Waals surface area contributed by atoms with Crippen LogP contribution in [0, 0.1) is 11.3 Å². The van der Waals surface area contributed by atoms with E-state index in [2.05, 4.69) is 15.3 Å². The Balaban J connectivity index is 1.70. The second kappa shape index (κ2) is 6.39. The molecule has 1 aliphatic rings. The van der Waals surface area contributed by atoms with Gasteiger partial charge in [-0.15, -0.1) is 0 Å². The van der Waals surface area contributed by atoms with E-state index >= 15 is 0 Å². The van der Waals surface area contributed by atoms with Crippen LogP contribution in [0.5, 0.6) is 0 Å². The number of amides is 2. The molecule has 9 heteroatoms. The van der Waals surface area contributed by atoms with Crippen LogP contribution in [0.15, 0.2) is 30.6 Å². The van der Waals surface area contributed by atoms with Gasteiger partial charge in [-0.1, -0.05) is 18.2 Å². The standard InChI is InChI=1S/C16H13F2N5O2/c17-16(18)5-10(6-19)23(8-16)13(24)7-20-15(25)14-11-3-1-2-4-12(11)21-9-22-14/h1-4,9-10H,5,7-8H2,(H,20,25)/t10-/m0/s1. The van der Waals surface area contributed by atoms with Crippen LogP contribution in [0.25, 0.3) is 10.9 Å². The molecular weight excluding hydrogens is 332 g/mol. The SMILES string of the molecule is N#C[C@@H]1CC(F)(F)CN1C(=O)CNC(=O)c1ncnc2ccccc12. The predicted molar refractivity (Wildman–Crippen MR) is 82.5 cm³/mol. The van der Waals surface area contributed by atoms with Crippen molar-refractivity contribution >= 4 is 22.7 Å². The monoisotopic (exact) mass is 345 g/mol. The summed E-state index contributed by atoms with van der Waals surface area (Å²) in [6, 6.07) is 7.35. The van der Waals surface area contributed by atoms with Crippen LogP contribution in [0.4, 0.5) is 8.78 Å². The number of nitrogens with one attached hydrogen (secondary N) is 1.